The minimum absolute atomic E-state index is 0.260. The second kappa shape index (κ2) is 6.24. The number of aromatic nitrogens is 2. The van der Waals surface area contributed by atoms with E-state index in [0.717, 1.165) is 19.4 Å². The molecular weight excluding hydrogens is 276 g/mol. The lowest BCUT2D eigenvalue weighted by Gasteiger charge is -2.26. The van der Waals surface area contributed by atoms with E-state index < -0.39 is 10.0 Å². The maximum atomic E-state index is 12.8. The third kappa shape index (κ3) is 3.39. The Balaban J connectivity index is 2.22. The Morgan fingerprint density at radius 3 is 2.75 bits per heavy atom. The van der Waals surface area contributed by atoms with Gasteiger partial charge in [0.1, 0.15) is 4.90 Å². The minimum atomic E-state index is -3.47. The lowest BCUT2D eigenvalue weighted by Crippen LogP contribution is -2.42. The molecule has 114 valence electrons. The maximum absolute atomic E-state index is 12.8. The molecule has 1 unspecified atom stereocenters. The zero-order chi connectivity index (χ0) is 14.8. The first kappa shape index (κ1) is 15.5. The molecule has 0 spiro atoms. The fourth-order valence-electron chi connectivity index (χ4n) is 2.58. The number of aromatic amines is 1. The monoisotopic (exact) mass is 300 g/mol. The van der Waals surface area contributed by atoms with E-state index in [1.807, 2.05) is 13.8 Å². The Bertz CT molecular complexity index is 532. The van der Waals surface area contributed by atoms with Crippen LogP contribution in [0.1, 0.15) is 32.4 Å². The van der Waals surface area contributed by atoms with Crippen molar-refractivity contribution in [2.45, 2.75) is 44.6 Å². The topological polar surface area (TPSA) is 78.1 Å². The first-order valence-corrected chi connectivity index (χ1v) is 8.58. The van der Waals surface area contributed by atoms with Gasteiger partial charge in [0.25, 0.3) is 0 Å². The van der Waals surface area contributed by atoms with Gasteiger partial charge >= 0.3 is 0 Å². The van der Waals surface area contributed by atoms with Gasteiger partial charge in [0.05, 0.1) is 11.9 Å². The number of sulfonamides is 1. The smallest absolute Gasteiger partial charge is 0.246 e. The second-order valence-corrected chi connectivity index (χ2v) is 7.77. The first-order chi connectivity index (χ1) is 9.41. The van der Waals surface area contributed by atoms with Crippen LogP contribution in [0, 0.1) is 12.8 Å². The molecule has 2 heterocycles. The normalized spacial score (nSPS) is 20.1. The molecule has 1 aliphatic rings. The highest BCUT2D eigenvalue weighted by atomic mass is 32.2. The highest BCUT2D eigenvalue weighted by Gasteiger charge is 2.30. The van der Waals surface area contributed by atoms with Crippen LogP contribution in [0.3, 0.4) is 0 Å². The number of hydrogen-bond donors (Lipinski definition) is 2. The van der Waals surface area contributed by atoms with E-state index in [0.29, 0.717) is 24.7 Å². The van der Waals surface area contributed by atoms with E-state index in [2.05, 4.69) is 15.5 Å². The molecule has 1 saturated heterocycles. The van der Waals surface area contributed by atoms with Crippen molar-refractivity contribution in [3.05, 3.63) is 11.9 Å². The highest BCUT2D eigenvalue weighted by molar-refractivity contribution is 7.89. The predicted octanol–water partition coefficient (Wildman–Crippen LogP) is 1.12. The van der Waals surface area contributed by atoms with Crippen LogP contribution in [0.4, 0.5) is 0 Å². The number of nitrogens with zero attached hydrogens (tertiary/aromatic N) is 2. The van der Waals surface area contributed by atoms with Gasteiger partial charge in [0, 0.05) is 19.1 Å². The van der Waals surface area contributed by atoms with Crippen molar-refractivity contribution in [3.63, 3.8) is 0 Å². The van der Waals surface area contributed by atoms with Gasteiger partial charge in [0.15, 0.2) is 0 Å². The standard InChI is InChI=1S/C13H24N4O2S/c1-10(2)8-17(9-12-5-4-6-14-12)20(18,19)13-7-15-16-11(13)3/h7,10,12,14H,4-6,8-9H2,1-3H3,(H,15,16). The summed E-state index contributed by atoms with van der Waals surface area (Å²) < 4.78 is 27.1. The molecular formula is C13H24N4O2S. The molecule has 0 aliphatic carbocycles. The van der Waals surface area contributed by atoms with E-state index >= 15 is 0 Å². The van der Waals surface area contributed by atoms with Crippen LogP contribution in [-0.2, 0) is 10.0 Å². The van der Waals surface area contributed by atoms with Crippen molar-refractivity contribution in [1.82, 2.24) is 19.8 Å². The molecule has 7 heteroatoms. The summed E-state index contributed by atoms with van der Waals surface area (Å²) in [5, 5.41) is 9.90. The molecule has 1 atom stereocenters. The summed E-state index contributed by atoms with van der Waals surface area (Å²) in [6, 6.07) is 0.260. The Morgan fingerprint density at radius 2 is 2.25 bits per heavy atom. The summed E-state index contributed by atoms with van der Waals surface area (Å²) in [6.45, 7) is 7.85. The van der Waals surface area contributed by atoms with Crippen molar-refractivity contribution in [2.24, 2.45) is 5.92 Å². The molecule has 0 aromatic carbocycles. The van der Waals surface area contributed by atoms with Crippen LogP contribution in [0.15, 0.2) is 11.1 Å². The van der Waals surface area contributed by atoms with Gasteiger partial charge in [-0.2, -0.15) is 9.40 Å². The Hall–Kier alpha value is -0.920. The Morgan fingerprint density at radius 1 is 1.50 bits per heavy atom. The molecule has 0 radical (unpaired) electrons. The van der Waals surface area contributed by atoms with E-state index in [-0.39, 0.29) is 10.9 Å². The summed E-state index contributed by atoms with van der Waals surface area (Å²) in [6.07, 6.45) is 3.56. The van der Waals surface area contributed by atoms with Crippen LogP contribution in [0.2, 0.25) is 0 Å². The van der Waals surface area contributed by atoms with Crippen molar-refractivity contribution in [2.75, 3.05) is 19.6 Å². The molecule has 1 fully saturated rings. The van der Waals surface area contributed by atoms with Gasteiger partial charge in [-0.05, 0) is 32.2 Å². The predicted molar refractivity (Wildman–Crippen MR) is 77.9 cm³/mol. The van der Waals surface area contributed by atoms with Gasteiger partial charge in [-0.25, -0.2) is 8.42 Å². The number of H-pyrrole nitrogens is 1. The highest BCUT2D eigenvalue weighted by Crippen LogP contribution is 2.20. The Kier molecular flexibility index (Phi) is 4.82. The summed E-state index contributed by atoms with van der Waals surface area (Å²) in [4.78, 5) is 0.288. The quantitative estimate of drug-likeness (QED) is 0.825. The first-order valence-electron chi connectivity index (χ1n) is 7.14. The second-order valence-electron chi connectivity index (χ2n) is 5.87. The van der Waals surface area contributed by atoms with Crippen LogP contribution >= 0.6 is 0 Å². The summed E-state index contributed by atoms with van der Waals surface area (Å²) in [5.74, 6) is 0.290. The molecule has 2 N–H and O–H groups in total. The SMILES string of the molecule is Cc1[nH]ncc1S(=O)(=O)N(CC(C)C)CC1CCCN1. The Labute approximate surface area is 121 Å². The van der Waals surface area contributed by atoms with Crippen LogP contribution in [0.25, 0.3) is 0 Å². The minimum Gasteiger partial charge on any atom is -0.313 e. The lowest BCUT2D eigenvalue weighted by molar-refractivity contribution is 0.336. The maximum Gasteiger partial charge on any atom is 0.246 e. The largest absolute Gasteiger partial charge is 0.313 e. The van der Waals surface area contributed by atoms with E-state index in [1.54, 1.807) is 11.2 Å². The zero-order valence-electron chi connectivity index (χ0n) is 12.4. The van der Waals surface area contributed by atoms with Crippen molar-refractivity contribution in [1.29, 1.82) is 0 Å². The summed E-state index contributed by atoms with van der Waals surface area (Å²) in [7, 11) is -3.47. The van der Waals surface area contributed by atoms with Crippen molar-refractivity contribution < 1.29 is 8.42 Å². The average Bonchev–Trinajstić information content (AvgIpc) is 2.99. The fourth-order valence-corrected chi connectivity index (χ4v) is 4.34. The molecule has 0 amide bonds. The molecule has 0 saturated carbocycles. The molecule has 0 bridgehead atoms. The number of rotatable bonds is 6. The zero-order valence-corrected chi connectivity index (χ0v) is 13.2. The van der Waals surface area contributed by atoms with E-state index in [4.69, 9.17) is 0 Å². The summed E-state index contributed by atoms with van der Waals surface area (Å²) >= 11 is 0. The third-order valence-electron chi connectivity index (χ3n) is 3.56. The van der Waals surface area contributed by atoms with Crippen LogP contribution in [0.5, 0.6) is 0 Å². The molecule has 6 nitrogen and oxygen atoms in total. The molecule has 1 aromatic rings. The molecule has 20 heavy (non-hydrogen) atoms. The van der Waals surface area contributed by atoms with Gasteiger partial charge < -0.3 is 5.32 Å². The van der Waals surface area contributed by atoms with Gasteiger partial charge in [-0.3, -0.25) is 5.10 Å². The number of nitrogens with one attached hydrogen (secondary N) is 2. The third-order valence-corrected chi connectivity index (χ3v) is 5.50. The molecule has 1 aliphatic heterocycles. The van der Waals surface area contributed by atoms with Crippen molar-refractivity contribution in [3.8, 4) is 0 Å². The fraction of sp³-hybridized carbons (Fsp3) is 0.769. The van der Waals surface area contributed by atoms with E-state index in [1.165, 1.54) is 6.20 Å². The molecule has 1 aromatic heterocycles. The number of aryl methyl sites for hydroxylation is 1. The van der Waals surface area contributed by atoms with E-state index in [9.17, 15) is 8.42 Å². The molecule has 2 rings (SSSR count). The van der Waals surface area contributed by atoms with Crippen LogP contribution in [-0.4, -0.2) is 48.6 Å². The van der Waals surface area contributed by atoms with Gasteiger partial charge in [0.2, 0.25) is 10.0 Å². The van der Waals surface area contributed by atoms with Gasteiger partial charge in [-0.15, -0.1) is 0 Å². The van der Waals surface area contributed by atoms with Gasteiger partial charge in [-0.1, -0.05) is 13.8 Å². The van der Waals surface area contributed by atoms with Crippen LogP contribution < -0.4 is 5.32 Å². The number of hydrogen-bond acceptors (Lipinski definition) is 4. The summed E-state index contributed by atoms with van der Waals surface area (Å²) in [5.41, 5.74) is 0.595. The lowest BCUT2D eigenvalue weighted by atomic mass is 10.2. The van der Waals surface area contributed by atoms with Crippen molar-refractivity contribution >= 4 is 10.0 Å². The average molecular weight is 300 g/mol.